The van der Waals surface area contributed by atoms with Gasteiger partial charge in [0.05, 0.1) is 5.52 Å². The topological polar surface area (TPSA) is 50.7 Å². The molecule has 2 aromatic heterocycles. The van der Waals surface area contributed by atoms with Crippen LogP contribution in [0.25, 0.3) is 22.3 Å². The number of aryl methyl sites for hydroxylation is 1. The average Bonchev–Trinajstić information content (AvgIpc) is 3.17. The number of hydrogen-bond donors (Lipinski definition) is 1. The number of hydrogen-bond acceptors (Lipinski definition) is 4. The molecular formula is C25H26N4. The molecule has 0 amide bonds. The molecule has 0 saturated heterocycles. The predicted molar refractivity (Wildman–Crippen MR) is 120 cm³/mol. The van der Waals surface area contributed by atoms with Crippen molar-refractivity contribution >= 4 is 16.7 Å². The van der Waals surface area contributed by atoms with Crippen LogP contribution in [0.4, 0.5) is 5.82 Å². The maximum absolute atomic E-state index is 4.85. The van der Waals surface area contributed by atoms with Crippen LogP contribution in [0.2, 0.25) is 0 Å². The second kappa shape index (κ2) is 8.39. The molecule has 29 heavy (non-hydrogen) atoms. The molecule has 4 heteroatoms. The maximum Gasteiger partial charge on any atom is 0.163 e. The molecule has 0 saturated carbocycles. The Hall–Kier alpha value is -3.27. The third-order valence-electron chi connectivity index (χ3n) is 5.16. The summed E-state index contributed by atoms with van der Waals surface area (Å²) in [7, 11) is 0. The molecule has 5 rings (SSSR count). The third-order valence-corrected chi connectivity index (χ3v) is 5.16. The Morgan fingerprint density at radius 1 is 0.897 bits per heavy atom. The van der Waals surface area contributed by atoms with Crippen molar-refractivity contribution in [2.24, 2.45) is 0 Å². The lowest BCUT2D eigenvalue weighted by atomic mass is 10.1. The van der Waals surface area contributed by atoms with Crippen molar-refractivity contribution in [3.05, 3.63) is 83.7 Å². The summed E-state index contributed by atoms with van der Waals surface area (Å²) < 4.78 is 0. The lowest BCUT2D eigenvalue weighted by Gasteiger charge is -2.16. The quantitative estimate of drug-likeness (QED) is 0.501. The first-order valence-corrected chi connectivity index (χ1v) is 10.3. The highest BCUT2D eigenvalue weighted by Crippen LogP contribution is 2.29. The van der Waals surface area contributed by atoms with Crippen LogP contribution in [0.5, 0.6) is 0 Å². The molecule has 4 nitrogen and oxygen atoms in total. The van der Waals surface area contributed by atoms with Gasteiger partial charge < -0.3 is 5.32 Å². The smallest absolute Gasteiger partial charge is 0.163 e. The highest BCUT2D eigenvalue weighted by atomic mass is 15.1. The van der Waals surface area contributed by atoms with Gasteiger partial charge in [0.25, 0.3) is 0 Å². The van der Waals surface area contributed by atoms with E-state index in [1.54, 1.807) is 6.20 Å². The number of anilines is 1. The van der Waals surface area contributed by atoms with Crippen molar-refractivity contribution in [3.8, 4) is 11.4 Å². The second-order valence-corrected chi connectivity index (χ2v) is 7.18. The lowest BCUT2D eigenvalue weighted by Crippen LogP contribution is -2.20. The van der Waals surface area contributed by atoms with Gasteiger partial charge in [0.15, 0.2) is 5.82 Å². The SMILES string of the molecule is CC.Cc1ccc2c(c1)CC(Nc1nc(-c3cccnc3)nc3ccccc13)C2. The van der Waals surface area contributed by atoms with Gasteiger partial charge in [-0.25, -0.2) is 9.97 Å². The van der Waals surface area contributed by atoms with Gasteiger partial charge in [-0.05, 0) is 55.2 Å². The molecule has 1 atom stereocenters. The predicted octanol–water partition coefficient (Wildman–Crippen LogP) is 5.61. The van der Waals surface area contributed by atoms with Crippen LogP contribution in [-0.4, -0.2) is 21.0 Å². The van der Waals surface area contributed by atoms with E-state index >= 15 is 0 Å². The Morgan fingerprint density at radius 2 is 1.72 bits per heavy atom. The molecule has 2 heterocycles. The van der Waals surface area contributed by atoms with E-state index in [4.69, 9.17) is 9.97 Å². The number of benzene rings is 2. The molecule has 4 aromatic rings. The van der Waals surface area contributed by atoms with Crippen LogP contribution < -0.4 is 5.32 Å². The van der Waals surface area contributed by atoms with E-state index in [2.05, 4.69) is 41.5 Å². The van der Waals surface area contributed by atoms with Gasteiger partial charge in [0.1, 0.15) is 5.82 Å². The largest absolute Gasteiger partial charge is 0.366 e. The summed E-state index contributed by atoms with van der Waals surface area (Å²) in [5, 5.41) is 4.74. The minimum atomic E-state index is 0.349. The molecule has 146 valence electrons. The third kappa shape index (κ3) is 3.97. The van der Waals surface area contributed by atoms with Crippen LogP contribution in [-0.2, 0) is 12.8 Å². The van der Waals surface area contributed by atoms with E-state index in [9.17, 15) is 0 Å². The minimum absolute atomic E-state index is 0.349. The fraction of sp³-hybridized carbons (Fsp3) is 0.240. The zero-order valence-corrected chi connectivity index (χ0v) is 17.2. The summed E-state index contributed by atoms with van der Waals surface area (Å²) >= 11 is 0. The van der Waals surface area contributed by atoms with Gasteiger partial charge in [0, 0.05) is 29.4 Å². The van der Waals surface area contributed by atoms with Gasteiger partial charge in [-0.3, -0.25) is 4.98 Å². The Balaban J connectivity index is 0.000000994. The fourth-order valence-electron chi connectivity index (χ4n) is 3.85. The average molecular weight is 383 g/mol. The number of fused-ring (bicyclic) bond motifs is 2. The van der Waals surface area contributed by atoms with Crippen LogP contribution >= 0.6 is 0 Å². The van der Waals surface area contributed by atoms with E-state index in [-0.39, 0.29) is 0 Å². The molecule has 0 radical (unpaired) electrons. The Kier molecular flexibility index (Phi) is 5.52. The Labute approximate surface area is 172 Å². The molecule has 0 bridgehead atoms. The zero-order valence-electron chi connectivity index (χ0n) is 17.2. The summed E-state index contributed by atoms with van der Waals surface area (Å²) in [6.07, 6.45) is 5.62. The van der Waals surface area contributed by atoms with Gasteiger partial charge in [0.2, 0.25) is 0 Å². The van der Waals surface area contributed by atoms with Crippen LogP contribution in [0, 0.1) is 6.92 Å². The van der Waals surface area contributed by atoms with Gasteiger partial charge in [-0.15, -0.1) is 0 Å². The first kappa shape index (κ1) is 19.1. The van der Waals surface area contributed by atoms with Crippen molar-refractivity contribution in [1.82, 2.24) is 15.0 Å². The number of aromatic nitrogens is 3. The maximum atomic E-state index is 4.85. The van der Waals surface area contributed by atoms with Crippen LogP contribution in [0.1, 0.15) is 30.5 Å². The summed E-state index contributed by atoms with van der Waals surface area (Å²) in [6, 6.07) is 19.2. The zero-order chi connectivity index (χ0) is 20.2. The molecule has 0 spiro atoms. The molecule has 1 aliphatic rings. The summed E-state index contributed by atoms with van der Waals surface area (Å²) in [5.74, 6) is 1.60. The number of nitrogens with one attached hydrogen (secondary N) is 1. The molecule has 1 N–H and O–H groups in total. The van der Waals surface area contributed by atoms with Gasteiger partial charge in [-0.1, -0.05) is 49.7 Å². The van der Waals surface area contributed by atoms with Gasteiger partial charge in [-0.2, -0.15) is 0 Å². The summed E-state index contributed by atoms with van der Waals surface area (Å²) in [5.41, 5.74) is 6.07. The van der Waals surface area contributed by atoms with E-state index in [1.165, 1.54) is 16.7 Å². The monoisotopic (exact) mass is 382 g/mol. The van der Waals surface area contributed by atoms with Crippen LogP contribution in [0.15, 0.2) is 67.0 Å². The number of pyridine rings is 1. The minimum Gasteiger partial charge on any atom is -0.366 e. The van der Waals surface area contributed by atoms with Crippen molar-refractivity contribution < 1.29 is 0 Å². The fourth-order valence-corrected chi connectivity index (χ4v) is 3.85. The number of para-hydroxylation sites is 1. The summed E-state index contributed by atoms with van der Waals surface area (Å²) in [4.78, 5) is 13.8. The first-order chi connectivity index (χ1) is 14.3. The second-order valence-electron chi connectivity index (χ2n) is 7.18. The van der Waals surface area contributed by atoms with Gasteiger partial charge >= 0.3 is 0 Å². The van der Waals surface area contributed by atoms with E-state index in [0.717, 1.165) is 35.1 Å². The van der Waals surface area contributed by atoms with Crippen molar-refractivity contribution in [1.29, 1.82) is 0 Å². The first-order valence-electron chi connectivity index (χ1n) is 10.3. The number of nitrogens with zero attached hydrogens (tertiary/aromatic N) is 3. The van der Waals surface area contributed by atoms with E-state index < -0.39 is 0 Å². The molecule has 0 fully saturated rings. The normalized spacial score (nSPS) is 14.8. The Bertz CT molecular complexity index is 1120. The molecular weight excluding hydrogens is 356 g/mol. The molecule has 1 aliphatic carbocycles. The molecule has 1 unspecified atom stereocenters. The lowest BCUT2D eigenvalue weighted by molar-refractivity contribution is 0.770. The highest BCUT2D eigenvalue weighted by Gasteiger charge is 2.22. The van der Waals surface area contributed by atoms with E-state index in [0.29, 0.717) is 11.9 Å². The Morgan fingerprint density at radius 3 is 2.55 bits per heavy atom. The molecule has 0 aliphatic heterocycles. The highest BCUT2D eigenvalue weighted by molar-refractivity contribution is 5.90. The molecule has 2 aromatic carbocycles. The summed E-state index contributed by atoms with van der Waals surface area (Å²) in [6.45, 7) is 6.15. The van der Waals surface area contributed by atoms with Crippen molar-refractivity contribution in [2.75, 3.05) is 5.32 Å². The van der Waals surface area contributed by atoms with Crippen molar-refractivity contribution in [2.45, 2.75) is 39.7 Å². The van der Waals surface area contributed by atoms with Crippen molar-refractivity contribution in [3.63, 3.8) is 0 Å². The van der Waals surface area contributed by atoms with E-state index in [1.807, 2.05) is 50.4 Å². The number of rotatable bonds is 3. The van der Waals surface area contributed by atoms with Crippen LogP contribution in [0.3, 0.4) is 0 Å². The standard InChI is InChI=1S/C23H20N4.C2H6/c1-15-8-9-16-12-19(13-18(16)11-15)25-23-20-6-2-3-7-21(20)26-22(27-23)17-5-4-10-24-14-17;1-2/h2-11,14,19H,12-13H2,1H3,(H,25,26,27);1-2H3.